The van der Waals surface area contributed by atoms with E-state index in [-0.39, 0.29) is 12.8 Å². The second kappa shape index (κ2) is 4.07. The molecule has 0 saturated heterocycles. The lowest BCUT2D eigenvalue weighted by atomic mass is 10.1. The molecule has 1 aromatic rings. The van der Waals surface area contributed by atoms with Gasteiger partial charge in [0, 0.05) is 5.56 Å². The Morgan fingerprint density at radius 2 is 1.68 bits per heavy atom. The molecular weight excluding hydrogens is 271 g/mol. The summed E-state index contributed by atoms with van der Waals surface area (Å²) < 4.78 is 64.1. The van der Waals surface area contributed by atoms with Gasteiger partial charge in [0.25, 0.3) is 5.91 Å². The molecule has 1 aliphatic rings. The van der Waals surface area contributed by atoms with E-state index in [1.165, 1.54) is 0 Å². The first-order chi connectivity index (χ1) is 8.66. The number of anilines is 1. The van der Waals surface area contributed by atoms with Crippen LogP contribution < -0.4 is 11.1 Å². The molecule has 0 spiro atoms. The molecule has 0 radical (unpaired) electrons. The molecule has 0 aliphatic heterocycles. The van der Waals surface area contributed by atoms with Crippen molar-refractivity contribution in [3.8, 4) is 0 Å². The highest BCUT2D eigenvalue weighted by Gasteiger charge is 2.64. The Balaban J connectivity index is 2.22. The monoisotopic (exact) mass is 280 g/mol. The molecule has 0 bridgehead atoms. The van der Waals surface area contributed by atoms with Gasteiger partial charge in [-0.25, -0.2) is 8.78 Å². The normalized spacial score (nSPS) is 17.1. The van der Waals surface area contributed by atoms with Crippen LogP contribution >= 0.6 is 0 Å². The van der Waals surface area contributed by atoms with E-state index in [0.29, 0.717) is 12.1 Å². The Bertz CT molecular complexity index is 513. The van der Waals surface area contributed by atoms with E-state index in [9.17, 15) is 26.7 Å². The molecule has 104 valence electrons. The van der Waals surface area contributed by atoms with Gasteiger partial charge in [-0.2, -0.15) is 13.2 Å². The Labute approximate surface area is 104 Å². The van der Waals surface area contributed by atoms with Crippen LogP contribution in [-0.4, -0.2) is 17.6 Å². The van der Waals surface area contributed by atoms with Crippen molar-refractivity contribution in [2.75, 3.05) is 5.73 Å². The van der Waals surface area contributed by atoms with Gasteiger partial charge in [-0.05, 0) is 25.0 Å². The summed E-state index contributed by atoms with van der Waals surface area (Å²) in [5.74, 6) is -3.57. The number of nitrogen functional groups attached to an aromatic ring is 1. The zero-order chi connectivity index (χ0) is 14.4. The van der Waals surface area contributed by atoms with Crippen molar-refractivity contribution in [1.29, 1.82) is 0 Å². The Hall–Kier alpha value is -1.86. The number of alkyl halides is 3. The van der Waals surface area contributed by atoms with Gasteiger partial charge < -0.3 is 11.1 Å². The van der Waals surface area contributed by atoms with Crippen LogP contribution in [0.15, 0.2) is 12.1 Å². The third kappa shape index (κ3) is 2.34. The lowest BCUT2D eigenvalue weighted by Crippen LogP contribution is -2.47. The summed E-state index contributed by atoms with van der Waals surface area (Å²) >= 11 is 0. The summed E-state index contributed by atoms with van der Waals surface area (Å²) in [6, 6.07) is 1.19. The van der Waals surface area contributed by atoms with Crippen molar-refractivity contribution < 1.29 is 26.7 Å². The average molecular weight is 280 g/mol. The molecule has 1 fully saturated rings. The molecule has 1 saturated carbocycles. The second-order valence-electron chi connectivity index (χ2n) is 4.39. The molecule has 0 heterocycles. The van der Waals surface area contributed by atoms with Gasteiger partial charge in [0.2, 0.25) is 0 Å². The Kier molecular flexibility index (Phi) is 2.91. The first-order valence-electron chi connectivity index (χ1n) is 5.30. The fourth-order valence-corrected chi connectivity index (χ4v) is 1.61. The van der Waals surface area contributed by atoms with Crippen molar-refractivity contribution in [3.63, 3.8) is 0 Å². The van der Waals surface area contributed by atoms with E-state index < -0.39 is 40.5 Å². The summed E-state index contributed by atoms with van der Waals surface area (Å²) in [7, 11) is 0. The van der Waals surface area contributed by atoms with E-state index in [4.69, 9.17) is 5.73 Å². The maximum Gasteiger partial charge on any atom is 0.411 e. The summed E-state index contributed by atoms with van der Waals surface area (Å²) in [6.45, 7) is 0. The minimum absolute atomic E-state index is 0.248. The number of nitrogens with two attached hydrogens (primary N) is 1. The van der Waals surface area contributed by atoms with Gasteiger partial charge >= 0.3 is 6.18 Å². The quantitative estimate of drug-likeness (QED) is 0.645. The first kappa shape index (κ1) is 13.6. The third-order valence-corrected chi connectivity index (χ3v) is 2.99. The molecule has 2 rings (SSSR count). The molecular formula is C11H9F5N2O. The van der Waals surface area contributed by atoms with Crippen molar-refractivity contribution in [1.82, 2.24) is 5.32 Å². The molecule has 3 nitrogen and oxygen atoms in total. The molecule has 3 N–H and O–H groups in total. The number of benzene rings is 1. The van der Waals surface area contributed by atoms with Crippen LogP contribution in [-0.2, 0) is 0 Å². The molecule has 0 atom stereocenters. The van der Waals surface area contributed by atoms with E-state index in [2.05, 4.69) is 0 Å². The minimum atomic E-state index is -4.59. The van der Waals surface area contributed by atoms with Crippen LogP contribution in [0.3, 0.4) is 0 Å². The molecule has 0 unspecified atom stereocenters. The number of halogens is 5. The minimum Gasteiger partial charge on any atom is -0.394 e. The maximum absolute atomic E-state index is 13.1. The van der Waals surface area contributed by atoms with E-state index >= 15 is 0 Å². The van der Waals surface area contributed by atoms with E-state index in [1.54, 1.807) is 5.32 Å². The van der Waals surface area contributed by atoms with Gasteiger partial charge in [-0.1, -0.05) is 0 Å². The van der Waals surface area contributed by atoms with Gasteiger partial charge in [0.05, 0.1) is 0 Å². The standard InChI is InChI=1S/C11H9F5N2O/c12-6-3-5(4-7(13)8(6)17)9(19)18-10(1-2-10)11(14,15)16/h3-4H,1-2,17H2,(H,18,19). The number of carbonyl (C=O) groups is 1. The summed E-state index contributed by atoms with van der Waals surface area (Å²) in [4.78, 5) is 11.6. The number of amides is 1. The molecule has 1 aromatic carbocycles. The van der Waals surface area contributed by atoms with Crippen molar-refractivity contribution in [2.45, 2.75) is 24.6 Å². The maximum atomic E-state index is 13.1. The first-order valence-corrected chi connectivity index (χ1v) is 5.30. The number of hydrogen-bond acceptors (Lipinski definition) is 2. The fourth-order valence-electron chi connectivity index (χ4n) is 1.61. The van der Waals surface area contributed by atoms with Gasteiger partial charge in [0.1, 0.15) is 22.9 Å². The van der Waals surface area contributed by atoms with Gasteiger partial charge in [-0.3, -0.25) is 4.79 Å². The van der Waals surface area contributed by atoms with E-state index in [1.807, 2.05) is 0 Å². The highest BCUT2D eigenvalue weighted by molar-refractivity contribution is 5.95. The predicted molar refractivity (Wildman–Crippen MR) is 56.3 cm³/mol. The van der Waals surface area contributed by atoms with Crippen molar-refractivity contribution >= 4 is 11.6 Å². The smallest absolute Gasteiger partial charge is 0.394 e. The van der Waals surface area contributed by atoms with Gasteiger partial charge in [0.15, 0.2) is 0 Å². The molecule has 19 heavy (non-hydrogen) atoms. The number of rotatable bonds is 2. The van der Waals surface area contributed by atoms with Crippen LogP contribution in [0.5, 0.6) is 0 Å². The average Bonchev–Trinajstić information content (AvgIpc) is 3.05. The highest BCUT2D eigenvalue weighted by Crippen LogP contribution is 2.49. The second-order valence-corrected chi connectivity index (χ2v) is 4.39. The lowest BCUT2D eigenvalue weighted by molar-refractivity contribution is -0.163. The number of carbonyl (C=O) groups excluding carboxylic acids is 1. The molecule has 1 amide bonds. The molecule has 1 aliphatic carbocycles. The molecule has 0 aromatic heterocycles. The SMILES string of the molecule is Nc1c(F)cc(C(=O)NC2(C(F)(F)F)CC2)cc1F. The molecule has 8 heteroatoms. The van der Waals surface area contributed by atoms with Crippen LogP contribution in [0, 0.1) is 11.6 Å². The fraction of sp³-hybridized carbons (Fsp3) is 0.364. The third-order valence-electron chi connectivity index (χ3n) is 2.99. The van der Waals surface area contributed by atoms with Crippen LogP contribution in [0.4, 0.5) is 27.6 Å². The zero-order valence-electron chi connectivity index (χ0n) is 9.44. The summed E-state index contributed by atoms with van der Waals surface area (Å²) in [5, 5.41) is 1.76. The summed E-state index contributed by atoms with van der Waals surface area (Å²) in [6.07, 6.45) is -5.09. The Morgan fingerprint density at radius 1 is 1.21 bits per heavy atom. The van der Waals surface area contributed by atoms with Crippen LogP contribution in [0.25, 0.3) is 0 Å². The van der Waals surface area contributed by atoms with Crippen molar-refractivity contribution in [2.24, 2.45) is 0 Å². The summed E-state index contributed by atoms with van der Waals surface area (Å²) in [5.41, 5.74) is 1.39. The number of nitrogens with one attached hydrogen (secondary N) is 1. The largest absolute Gasteiger partial charge is 0.411 e. The highest BCUT2D eigenvalue weighted by atomic mass is 19.4. The Morgan fingerprint density at radius 3 is 2.05 bits per heavy atom. The van der Waals surface area contributed by atoms with Crippen LogP contribution in [0.2, 0.25) is 0 Å². The zero-order valence-corrected chi connectivity index (χ0v) is 9.44. The van der Waals surface area contributed by atoms with E-state index in [0.717, 1.165) is 0 Å². The van der Waals surface area contributed by atoms with Gasteiger partial charge in [-0.15, -0.1) is 0 Å². The lowest BCUT2D eigenvalue weighted by Gasteiger charge is -2.20. The topological polar surface area (TPSA) is 55.1 Å². The predicted octanol–water partition coefficient (Wildman–Crippen LogP) is 2.37. The number of hydrogen-bond donors (Lipinski definition) is 2. The van der Waals surface area contributed by atoms with Crippen molar-refractivity contribution in [3.05, 3.63) is 29.3 Å². The van der Waals surface area contributed by atoms with Crippen LogP contribution in [0.1, 0.15) is 23.2 Å².